The first kappa shape index (κ1) is 19.1. The van der Waals surface area contributed by atoms with Crippen molar-refractivity contribution in [2.45, 2.75) is 49.5 Å². The summed E-state index contributed by atoms with van der Waals surface area (Å²) in [6.45, 7) is 1.51. The van der Waals surface area contributed by atoms with Crippen LogP contribution in [0.15, 0.2) is 40.8 Å². The number of sulfonamides is 1. The number of ether oxygens (including phenoxy) is 1. The molecule has 1 aromatic carbocycles. The van der Waals surface area contributed by atoms with Crippen molar-refractivity contribution in [2.75, 3.05) is 19.7 Å². The van der Waals surface area contributed by atoms with E-state index in [0.29, 0.717) is 18.7 Å². The molecule has 7 heteroatoms. The lowest BCUT2D eigenvalue weighted by Crippen LogP contribution is -2.32. The van der Waals surface area contributed by atoms with E-state index < -0.39 is 10.0 Å². The summed E-state index contributed by atoms with van der Waals surface area (Å²) < 4.78 is 33.2. The average Bonchev–Trinajstić information content (AvgIpc) is 3.19. The van der Waals surface area contributed by atoms with Gasteiger partial charge < -0.3 is 10.1 Å². The van der Waals surface area contributed by atoms with E-state index in [1.165, 1.54) is 18.6 Å². The highest BCUT2D eigenvalue weighted by Crippen LogP contribution is 2.18. The number of carbonyl (C=O) groups excluding carboxylic acids is 1. The Balaban J connectivity index is 1.61. The van der Waals surface area contributed by atoms with Gasteiger partial charge >= 0.3 is 0 Å². The molecule has 2 N–H and O–H groups in total. The minimum atomic E-state index is -3.64. The van der Waals surface area contributed by atoms with Gasteiger partial charge in [0.2, 0.25) is 10.0 Å². The third-order valence-corrected chi connectivity index (χ3v) is 6.19. The van der Waals surface area contributed by atoms with Crippen molar-refractivity contribution in [3.63, 3.8) is 0 Å². The van der Waals surface area contributed by atoms with E-state index >= 15 is 0 Å². The number of nitrogens with one attached hydrogen (secondary N) is 2. The largest absolute Gasteiger partial charge is 0.376 e. The molecule has 0 aromatic heterocycles. The number of allylic oxidation sites excluding steroid dienone is 1. The summed E-state index contributed by atoms with van der Waals surface area (Å²) in [5.41, 5.74) is 1.47. The van der Waals surface area contributed by atoms with E-state index in [0.717, 1.165) is 44.3 Å². The van der Waals surface area contributed by atoms with Gasteiger partial charge in [-0.25, -0.2) is 13.1 Å². The number of carbonyl (C=O) groups is 1. The van der Waals surface area contributed by atoms with E-state index in [1.54, 1.807) is 12.1 Å². The minimum Gasteiger partial charge on any atom is -0.376 e. The molecule has 142 valence electrons. The van der Waals surface area contributed by atoms with Gasteiger partial charge in [0, 0.05) is 25.3 Å². The van der Waals surface area contributed by atoms with Crippen molar-refractivity contribution in [3.05, 3.63) is 41.5 Å². The Kier molecular flexibility index (Phi) is 6.45. The fraction of sp³-hybridized carbons (Fsp3) is 0.526. The molecule has 0 radical (unpaired) electrons. The molecule has 1 fully saturated rings. The Hall–Kier alpha value is -1.70. The fourth-order valence-electron chi connectivity index (χ4n) is 3.25. The molecule has 2 aliphatic rings. The maximum Gasteiger partial charge on any atom is 0.251 e. The third kappa shape index (κ3) is 5.16. The van der Waals surface area contributed by atoms with Gasteiger partial charge in [0.1, 0.15) is 0 Å². The van der Waals surface area contributed by atoms with Gasteiger partial charge in [0.05, 0.1) is 11.0 Å². The molecule has 1 aromatic rings. The number of rotatable bonds is 7. The van der Waals surface area contributed by atoms with Crippen molar-refractivity contribution in [3.8, 4) is 0 Å². The van der Waals surface area contributed by atoms with Crippen LogP contribution >= 0.6 is 0 Å². The monoisotopic (exact) mass is 378 g/mol. The van der Waals surface area contributed by atoms with Gasteiger partial charge in [-0.15, -0.1) is 0 Å². The molecule has 1 amide bonds. The lowest BCUT2D eigenvalue weighted by atomic mass is 10.0. The van der Waals surface area contributed by atoms with Crippen LogP contribution in [-0.4, -0.2) is 40.1 Å². The summed E-state index contributed by atoms with van der Waals surface area (Å²) in [6, 6.07) is 6.14. The van der Waals surface area contributed by atoms with Crippen molar-refractivity contribution in [2.24, 2.45) is 0 Å². The van der Waals surface area contributed by atoms with Gasteiger partial charge in [-0.1, -0.05) is 17.7 Å². The maximum absolute atomic E-state index is 12.5. The molecule has 1 aliphatic carbocycles. The molecule has 3 rings (SSSR count). The topological polar surface area (TPSA) is 84.5 Å². The Morgan fingerprint density at radius 1 is 1.23 bits per heavy atom. The lowest BCUT2D eigenvalue weighted by Gasteiger charge is -2.14. The van der Waals surface area contributed by atoms with Crippen molar-refractivity contribution in [1.82, 2.24) is 10.0 Å². The number of hydrogen-bond acceptors (Lipinski definition) is 4. The first-order chi connectivity index (χ1) is 12.5. The second-order valence-electron chi connectivity index (χ2n) is 6.81. The normalized spacial score (nSPS) is 20.6. The Bertz CT molecular complexity index is 767. The van der Waals surface area contributed by atoms with Gasteiger partial charge in [-0.2, -0.15) is 0 Å². The Labute approximate surface area is 155 Å². The van der Waals surface area contributed by atoms with Crippen LogP contribution < -0.4 is 10.0 Å². The van der Waals surface area contributed by atoms with Crippen LogP contribution in [0.2, 0.25) is 0 Å². The minimum absolute atomic E-state index is 0.0521. The predicted molar refractivity (Wildman–Crippen MR) is 99.5 cm³/mol. The Morgan fingerprint density at radius 3 is 2.85 bits per heavy atom. The van der Waals surface area contributed by atoms with E-state index in [4.69, 9.17) is 4.74 Å². The average molecular weight is 378 g/mol. The number of benzene rings is 1. The van der Waals surface area contributed by atoms with Crippen molar-refractivity contribution in [1.29, 1.82) is 0 Å². The maximum atomic E-state index is 12.5. The van der Waals surface area contributed by atoms with Crippen LogP contribution in [0.4, 0.5) is 0 Å². The van der Waals surface area contributed by atoms with Gasteiger partial charge in [-0.05, 0) is 56.7 Å². The number of amides is 1. The Morgan fingerprint density at radius 2 is 2.12 bits per heavy atom. The predicted octanol–water partition coefficient (Wildman–Crippen LogP) is 2.37. The molecular weight excluding hydrogens is 352 g/mol. The molecule has 1 aliphatic heterocycles. The quantitative estimate of drug-likeness (QED) is 0.714. The van der Waals surface area contributed by atoms with Gasteiger partial charge in [0.15, 0.2) is 0 Å². The summed E-state index contributed by atoms with van der Waals surface area (Å²) in [4.78, 5) is 12.4. The first-order valence-electron chi connectivity index (χ1n) is 9.22. The van der Waals surface area contributed by atoms with Crippen LogP contribution in [0, 0.1) is 0 Å². The highest BCUT2D eigenvalue weighted by Gasteiger charge is 2.19. The zero-order valence-corrected chi connectivity index (χ0v) is 15.7. The molecule has 0 spiro atoms. The second kappa shape index (κ2) is 8.79. The van der Waals surface area contributed by atoms with Gasteiger partial charge in [0.25, 0.3) is 5.91 Å². The molecule has 0 bridgehead atoms. The van der Waals surface area contributed by atoms with Crippen LogP contribution in [0.25, 0.3) is 0 Å². The molecule has 6 nitrogen and oxygen atoms in total. The van der Waals surface area contributed by atoms with E-state index in [9.17, 15) is 13.2 Å². The smallest absolute Gasteiger partial charge is 0.251 e. The van der Waals surface area contributed by atoms with Crippen LogP contribution in [-0.2, 0) is 14.8 Å². The summed E-state index contributed by atoms with van der Waals surface area (Å²) in [6.07, 6.45) is 8.33. The van der Waals surface area contributed by atoms with Crippen LogP contribution in [0.5, 0.6) is 0 Å². The van der Waals surface area contributed by atoms with E-state index in [1.807, 2.05) is 0 Å². The van der Waals surface area contributed by atoms with E-state index in [-0.39, 0.29) is 16.9 Å². The molecule has 26 heavy (non-hydrogen) atoms. The molecule has 1 saturated heterocycles. The molecule has 1 atom stereocenters. The fourth-order valence-corrected chi connectivity index (χ4v) is 4.34. The highest BCUT2D eigenvalue weighted by atomic mass is 32.2. The summed E-state index contributed by atoms with van der Waals surface area (Å²) in [7, 11) is -3.64. The standard InChI is InChI=1S/C19H26N2O4S/c22-19(20-14-17-9-5-11-25-17)16-8-4-10-18(12-16)26(23,24)21-13-15-6-2-1-3-7-15/h4,6,8,10,12,17,21H,1-3,5,7,9,11,13-14H2,(H,20,22)/t17-/m1/s1. The van der Waals surface area contributed by atoms with Crippen molar-refractivity contribution < 1.29 is 17.9 Å². The molecule has 0 saturated carbocycles. The van der Waals surface area contributed by atoms with Crippen LogP contribution in [0.3, 0.4) is 0 Å². The molecule has 1 heterocycles. The second-order valence-corrected chi connectivity index (χ2v) is 8.57. The summed E-state index contributed by atoms with van der Waals surface area (Å²) >= 11 is 0. The SMILES string of the molecule is O=C(NC[C@H]1CCCO1)c1cccc(S(=O)(=O)NCC2=CCCCC2)c1. The zero-order chi connectivity index (χ0) is 18.4. The summed E-state index contributed by atoms with van der Waals surface area (Å²) in [5, 5.41) is 2.81. The van der Waals surface area contributed by atoms with Crippen LogP contribution in [0.1, 0.15) is 48.9 Å². The lowest BCUT2D eigenvalue weighted by molar-refractivity contribution is 0.0857. The molecule has 0 unspecified atom stereocenters. The first-order valence-corrected chi connectivity index (χ1v) is 10.7. The third-order valence-electron chi connectivity index (χ3n) is 4.80. The highest BCUT2D eigenvalue weighted by molar-refractivity contribution is 7.89. The molecular formula is C19H26N2O4S. The van der Waals surface area contributed by atoms with E-state index in [2.05, 4.69) is 16.1 Å². The zero-order valence-electron chi connectivity index (χ0n) is 14.9. The summed E-state index contributed by atoms with van der Waals surface area (Å²) in [5.74, 6) is -0.285. The van der Waals surface area contributed by atoms with Gasteiger partial charge in [-0.3, -0.25) is 4.79 Å². The van der Waals surface area contributed by atoms with Crippen molar-refractivity contribution >= 4 is 15.9 Å². The number of hydrogen-bond donors (Lipinski definition) is 2.